The first-order valence-corrected chi connectivity index (χ1v) is 8.45. The number of allylic oxidation sites excluding steroid dienone is 2. The second-order valence-electron chi connectivity index (χ2n) is 7.69. The van der Waals surface area contributed by atoms with Crippen molar-refractivity contribution in [3.8, 4) is 0 Å². The van der Waals surface area contributed by atoms with E-state index < -0.39 is 0 Å². The topological polar surface area (TPSA) is 33.3 Å². The molecule has 0 saturated carbocycles. The quantitative estimate of drug-likeness (QED) is 0.558. The Kier molecular flexibility index (Phi) is 5.24. The maximum absolute atomic E-state index is 5.00. The Morgan fingerprint density at radius 3 is 2.12 bits per heavy atom. The maximum atomic E-state index is 5.00. The fourth-order valence-electron chi connectivity index (χ4n) is 3.37. The first kappa shape index (κ1) is 18.3. The third kappa shape index (κ3) is 3.57. The lowest BCUT2D eigenvalue weighted by Crippen LogP contribution is -2.33. The number of benzene rings is 1. The average molecular weight is 326 g/mol. The summed E-state index contributed by atoms with van der Waals surface area (Å²) in [6.07, 6.45) is 5.89. The molecule has 0 radical (unpaired) electrons. The van der Waals surface area contributed by atoms with Crippen molar-refractivity contribution in [2.45, 2.75) is 51.4 Å². The summed E-state index contributed by atoms with van der Waals surface area (Å²) < 4.78 is 0. The van der Waals surface area contributed by atoms with Crippen molar-refractivity contribution in [1.29, 1.82) is 0 Å². The highest BCUT2D eigenvalue weighted by Crippen LogP contribution is 2.46. The lowest BCUT2D eigenvalue weighted by molar-refractivity contribution is 0.120. The van der Waals surface area contributed by atoms with E-state index >= 15 is 0 Å². The molecule has 130 valence electrons. The third-order valence-corrected chi connectivity index (χ3v) is 5.04. The van der Waals surface area contributed by atoms with Crippen LogP contribution in [0.1, 0.15) is 51.7 Å². The Balaban J connectivity index is 2.44. The smallest absolute Gasteiger partial charge is 0.0833 e. The second-order valence-corrected chi connectivity index (χ2v) is 7.69. The molecule has 0 heterocycles. The van der Waals surface area contributed by atoms with Crippen LogP contribution in [0.4, 0.5) is 5.69 Å². The van der Waals surface area contributed by atoms with Crippen molar-refractivity contribution >= 4 is 5.69 Å². The number of fused-ring (bicyclic) bond motifs is 1. The Bertz CT molecular complexity index is 668. The molecule has 3 nitrogen and oxygen atoms in total. The fraction of sp³-hybridized carbons (Fsp3) is 0.429. The van der Waals surface area contributed by atoms with Crippen LogP contribution >= 0.6 is 0 Å². The van der Waals surface area contributed by atoms with E-state index in [0.717, 1.165) is 17.1 Å². The highest BCUT2D eigenvalue weighted by Gasteiger charge is 2.36. The van der Waals surface area contributed by atoms with Crippen LogP contribution < -0.4 is 10.8 Å². The molecule has 0 atom stereocenters. The van der Waals surface area contributed by atoms with E-state index in [0.29, 0.717) is 0 Å². The van der Waals surface area contributed by atoms with Gasteiger partial charge in [-0.25, -0.2) is 0 Å². The summed E-state index contributed by atoms with van der Waals surface area (Å²) in [5.41, 5.74) is 8.75. The van der Waals surface area contributed by atoms with Crippen LogP contribution in [0.15, 0.2) is 54.9 Å². The van der Waals surface area contributed by atoms with Crippen molar-refractivity contribution in [2.24, 2.45) is 0 Å². The summed E-state index contributed by atoms with van der Waals surface area (Å²) in [5, 5.41) is 3.43. The Labute approximate surface area is 146 Å². The average Bonchev–Trinajstić information content (AvgIpc) is 2.55. The first-order valence-electron chi connectivity index (χ1n) is 8.45. The molecule has 2 N–H and O–H groups in total. The van der Waals surface area contributed by atoms with E-state index in [4.69, 9.17) is 4.84 Å². The number of hydrogen-bond donors (Lipinski definition) is 2. The van der Waals surface area contributed by atoms with E-state index in [1.165, 1.54) is 24.0 Å². The van der Waals surface area contributed by atoms with Gasteiger partial charge in [0.25, 0.3) is 0 Å². The van der Waals surface area contributed by atoms with Gasteiger partial charge in [-0.2, -0.15) is 0 Å². The molecule has 1 aliphatic carbocycles. The van der Waals surface area contributed by atoms with Gasteiger partial charge in [0.05, 0.1) is 18.5 Å². The van der Waals surface area contributed by atoms with Crippen LogP contribution in [0, 0.1) is 0 Å². The van der Waals surface area contributed by atoms with Gasteiger partial charge in [0, 0.05) is 5.69 Å². The molecule has 2 rings (SSSR count). The number of nitrogens with one attached hydrogen (secondary N) is 2. The summed E-state index contributed by atoms with van der Waals surface area (Å²) in [4.78, 5) is 5.00. The highest BCUT2D eigenvalue weighted by molar-refractivity contribution is 5.58. The molecule has 1 aliphatic rings. The minimum atomic E-state index is 0.187. The number of rotatable bonds is 6. The number of anilines is 1. The van der Waals surface area contributed by atoms with Crippen LogP contribution in [0.5, 0.6) is 0 Å². The monoisotopic (exact) mass is 326 g/mol. The van der Waals surface area contributed by atoms with Crippen molar-refractivity contribution < 1.29 is 4.84 Å². The van der Waals surface area contributed by atoms with E-state index in [1.807, 2.05) is 0 Å². The molecule has 0 unspecified atom stereocenters. The van der Waals surface area contributed by atoms with E-state index in [9.17, 15) is 0 Å². The van der Waals surface area contributed by atoms with Crippen molar-refractivity contribution in [3.05, 3.63) is 66.0 Å². The van der Waals surface area contributed by atoms with Gasteiger partial charge in [-0.1, -0.05) is 46.9 Å². The Morgan fingerprint density at radius 1 is 1.00 bits per heavy atom. The first-order chi connectivity index (χ1) is 11.2. The molecule has 24 heavy (non-hydrogen) atoms. The predicted molar refractivity (Wildman–Crippen MR) is 103 cm³/mol. The van der Waals surface area contributed by atoms with Gasteiger partial charge in [0.2, 0.25) is 0 Å². The summed E-state index contributed by atoms with van der Waals surface area (Å²) in [6.45, 7) is 17.0. The zero-order chi connectivity index (χ0) is 18.0. The van der Waals surface area contributed by atoms with Gasteiger partial charge in [0.1, 0.15) is 0 Å². The third-order valence-electron chi connectivity index (χ3n) is 5.04. The zero-order valence-corrected chi connectivity index (χ0v) is 15.6. The van der Waals surface area contributed by atoms with Crippen LogP contribution in [0.2, 0.25) is 0 Å². The molecule has 0 fully saturated rings. The summed E-state index contributed by atoms with van der Waals surface area (Å²) >= 11 is 0. The van der Waals surface area contributed by atoms with Crippen LogP contribution in [0.3, 0.4) is 0 Å². The molecule has 1 aromatic carbocycles. The minimum Gasteiger partial charge on any atom is -0.354 e. The lowest BCUT2D eigenvalue weighted by Gasteiger charge is -2.42. The molecular formula is C21H30N2O. The van der Waals surface area contributed by atoms with Gasteiger partial charge in [-0.15, -0.1) is 0 Å². The summed E-state index contributed by atoms with van der Waals surface area (Å²) in [5.74, 6) is 0. The van der Waals surface area contributed by atoms with Crippen molar-refractivity contribution in [1.82, 2.24) is 5.48 Å². The predicted octanol–water partition coefficient (Wildman–Crippen LogP) is 5.18. The molecule has 1 aromatic rings. The van der Waals surface area contributed by atoms with Crippen molar-refractivity contribution in [3.63, 3.8) is 0 Å². The zero-order valence-electron chi connectivity index (χ0n) is 15.6. The van der Waals surface area contributed by atoms with Gasteiger partial charge in [-0.05, 0) is 59.1 Å². The SMILES string of the molecule is C=C/C(NOC)=C(\C=C)Nc1ccc2c(c1)C(C)(C)CCC2(C)C. The molecule has 3 heteroatoms. The normalized spacial score (nSPS) is 18.9. The largest absolute Gasteiger partial charge is 0.354 e. The van der Waals surface area contributed by atoms with Gasteiger partial charge in [-0.3, -0.25) is 10.3 Å². The molecule has 0 bridgehead atoms. The fourth-order valence-corrected chi connectivity index (χ4v) is 3.37. The van der Waals surface area contributed by atoms with Gasteiger partial charge >= 0.3 is 0 Å². The molecule has 0 amide bonds. The number of hydrogen-bond acceptors (Lipinski definition) is 3. The summed E-state index contributed by atoms with van der Waals surface area (Å²) in [6, 6.07) is 6.67. The van der Waals surface area contributed by atoms with E-state index in [-0.39, 0.29) is 10.8 Å². The number of hydroxylamine groups is 1. The van der Waals surface area contributed by atoms with Crippen LogP contribution in [0.25, 0.3) is 0 Å². The summed E-state index contributed by atoms with van der Waals surface area (Å²) in [7, 11) is 1.58. The van der Waals surface area contributed by atoms with Gasteiger partial charge < -0.3 is 5.32 Å². The standard InChI is InChI=1S/C21H30N2O/c1-8-18(19(9-2)23-24-7)22-15-10-11-16-17(14-15)21(5,6)13-12-20(16,3)4/h8-11,14,22-23H,1-2,12-13H2,3-7H3/b19-18-. The van der Waals surface area contributed by atoms with E-state index in [1.54, 1.807) is 19.3 Å². The Morgan fingerprint density at radius 2 is 1.58 bits per heavy atom. The maximum Gasteiger partial charge on any atom is 0.0833 e. The van der Waals surface area contributed by atoms with Gasteiger partial charge in [0.15, 0.2) is 0 Å². The highest BCUT2D eigenvalue weighted by atomic mass is 16.6. The van der Waals surface area contributed by atoms with Crippen LogP contribution in [-0.4, -0.2) is 7.11 Å². The second kappa shape index (κ2) is 6.86. The molecule has 0 spiro atoms. The minimum absolute atomic E-state index is 0.187. The molecule has 0 saturated heterocycles. The van der Waals surface area contributed by atoms with E-state index in [2.05, 4.69) is 69.8 Å². The van der Waals surface area contributed by atoms with Crippen molar-refractivity contribution in [2.75, 3.05) is 12.4 Å². The molecule has 0 aliphatic heterocycles. The Hall–Kier alpha value is -2.00. The van der Waals surface area contributed by atoms with Crippen LogP contribution in [-0.2, 0) is 15.7 Å². The molecular weight excluding hydrogens is 296 g/mol. The lowest BCUT2D eigenvalue weighted by atomic mass is 9.63. The molecule has 0 aromatic heterocycles.